The summed E-state index contributed by atoms with van der Waals surface area (Å²) in [6, 6.07) is 0.186. The van der Waals surface area contributed by atoms with Gasteiger partial charge in [-0.25, -0.2) is 13.8 Å². The van der Waals surface area contributed by atoms with E-state index in [1.54, 1.807) is 4.90 Å². The molecule has 3 aliphatic rings. The number of hydrogen-bond acceptors (Lipinski definition) is 4. The maximum Gasteiger partial charge on any atom is 0.275 e. The van der Waals surface area contributed by atoms with Crippen molar-refractivity contribution in [2.24, 2.45) is 0 Å². The Morgan fingerprint density at radius 3 is 3.00 bits per heavy atom. The Hall–Kier alpha value is -2.09. The van der Waals surface area contributed by atoms with Crippen molar-refractivity contribution in [3.05, 3.63) is 29.6 Å². The zero-order valence-corrected chi connectivity index (χ0v) is 11.6. The van der Waals surface area contributed by atoms with Gasteiger partial charge in [-0.2, -0.15) is 0 Å². The van der Waals surface area contributed by atoms with Gasteiger partial charge in [0.25, 0.3) is 5.91 Å². The van der Waals surface area contributed by atoms with E-state index in [9.17, 15) is 18.4 Å². The van der Waals surface area contributed by atoms with Crippen molar-refractivity contribution < 1.29 is 23.1 Å². The third-order valence-electron chi connectivity index (χ3n) is 4.67. The van der Waals surface area contributed by atoms with Crippen LogP contribution in [0.25, 0.3) is 0 Å². The highest BCUT2D eigenvalue weighted by Crippen LogP contribution is 2.45. The Labute approximate surface area is 124 Å². The van der Waals surface area contributed by atoms with Gasteiger partial charge in [0.2, 0.25) is 5.91 Å². The minimum absolute atomic E-state index is 0.0625. The number of carbonyl (C=O) groups is 2. The van der Waals surface area contributed by atoms with E-state index in [-0.39, 0.29) is 12.3 Å². The van der Waals surface area contributed by atoms with Gasteiger partial charge >= 0.3 is 0 Å². The molecule has 0 N–H and O–H groups in total. The molecule has 1 aromatic rings. The van der Waals surface area contributed by atoms with E-state index in [0.717, 1.165) is 6.20 Å². The monoisotopic (exact) mass is 309 g/mol. The van der Waals surface area contributed by atoms with Crippen molar-refractivity contribution in [2.75, 3.05) is 19.7 Å². The Morgan fingerprint density at radius 2 is 2.23 bits per heavy atom. The Balaban J connectivity index is 1.67. The Bertz CT molecular complexity index is 683. The predicted octanol–water partition coefficient (Wildman–Crippen LogP) is 0.533. The van der Waals surface area contributed by atoms with Crippen LogP contribution >= 0.6 is 0 Å². The molecule has 3 fully saturated rings. The summed E-state index contributed by atoms with van der Waals surface area (Å²) in [5.74, 6) is -2.54. The third-order valence-corrected chi connectivity index (χ3v) is 4.67. The molecule has 2 amide bonds. The molecular formula is C14H13F2N3O3. The van der Waals surface area contributed by atoms with E-state index in [0.29, 0.717) is 32.2 Å². The SMILES string of the molecule is O=C(c1ncc(F)cc1F)N1CC[C@@]23OCCN2C(=O)C[C@@H]13. The van der Waals surface area contributed by atoms with Gasteiger partial charge in [-0.05, 0) is 0 Å². The number of likely N-dealkylation sites (tertiary alicyclic amines) is 1. The lowest BCUT2D eigenvalue weighted by molar-refractivity contribution is -0.136. The van der Waals surface area contributed by atoms with Crippen molar-refractivity contribution in [1.82, 2.24) is 14.8 Å². The van der Waals surface area contributed by atoms with Crippen LogP contribution in [0.4, 0.5) is 8.78 Å². The molecule has 2 atom stereocenters. The fraction of sp³-hybridized carbons (Fsp3) is 0.500. The molecule has 1 spiro atoms. The van der Waals surface area contributed by atoms with Crippen LogP contribution in [-0.2, 0) is 9.53 Å². The number of pyridine rings is 1. The van der Waals surface area contributed by atoms with Gasteiger partial charge in [0, 0.05) is 25.6 Å². The molecule has 6 nitrogen and oxygen atoms in total. The van der Waals surface area contributed by atoms with Crippen molar-refractivity contribution in [1.29, 1.82) is 0 Å². The lowest BCUT2D eigenvalue weighted by atomic mass is 10.1. The predicted molar refractivity (Wildman–Crippen MR) is 68.6 cm³/mol. The number of carbonyl (C=O) groups excluding carboxylic acids is 2. The van der Waals surface area contributed by atoms with Crippen molar-refractivity contribution in [3.8, 4) is 0 Å². The molecule has 22 heavy (non-hydrogen) atoms. The molecule has 1 aromatic heterocycles. The number of ether oxygens (including phenoxy) is 1. The normalized spacial score (nSPS) is 29.9. The second-order valence-electron chi connectivity index (χ2n) is 5.69. The number of nitrogens with zero attached hydrogens (tertiary/aromatic N) is 3. The first-order valence-corrected chi connectivity index (χ1v) is 7.09. The van der Waals surface area contributed by atoms with Crippen LogP contribution in [0.15, 0.2) is 12.3 Å². The van der Waals surface area contributed by atoms with E-state index in [4.69, 9.17) is 4.74 Å². The third kappa shape index (κ3) is 1.64. The fourth-order valence-corrected chi connectivity index (χ4v) is 3.74. The largest absolute Gasteiger partial charge is 0.351 e. The summed E-state index contributed by atoms with van der Waals surface area (Å²) in [4.78, 5) is 31.2. The second kappa shape index (κ2) is 4.45. The van der Waals surface area contributed by atoms with E-state index < -0.39 is 35.0 Å². The molecule has 116 valence electrons. The van der Waals surface area contributed by atoms with Gasteiger partial charge in [0.05, 0.1) is 25.3 Å². The van der Waals surface area contributed by atoms with Gasteiger partial charge < -0.3 is 14.5 Å². The van der Waals surface area contributed by atoms with Crippen molar-refractivity contribution in [3.63, 3.8) is 0 Å². The summed E-state index contributed by atoms with van der Waals surface area (Å²) in [6.45, 7) is 1.31. The van der Waals surface area contributed by atoms with Crippen LogP contribution in [0, 0.1) is 11.6 Å². The minimum Gasteiger partial charge on any atom is -0.351 e. The smallest absolute Gasteiger partial charge is 0.275 e. The number of aromatic nitrogens is 1. The van der Waals surface area contributed by atoms with Crippen molar-refractivity contribution >= 4 is 11.8 Å². The van der Waals surface area contributed by atoms with Gasteiger partial charge in [-0.15, -0.1) is 0 Å². The quantitative estimate of drug-likeness (QED) is 0.759. The number of halogens is 2. The van der Waals surface area contributed by atoms with E-state index in [1.165, 1.54) is 4.90 Å². The van der Waals surface area contributed by atoms with Gasteiger partial charge in [0.15, 0.2) is 17.2 Å². The van der Waals surface area contributed by atoms with Crippen LogP contribution < -0.4 is 0 Å². The van der Waals surface area contributed by atoms with Gasteiger partial charge in [-0.3, -0.25) is 9.59 Å². The average Bonchev–Trinajstić information content (AvgIpc) is 3.10. The number of amides is 2. The molecule has 0 bridgehead atoms. The Morgan fingerprint density at radius 1 is 1.41 bits per heavy atom. The molecule has 8 heteroatoms. The summed E-state index contributed by atoms with van der Waals surface area (Å²) in [7, 11) is 0. The van der Waals surface area contributed by atoms with Crippen LogP contribution in [-0.4, -0.2) is 58.1 Å². The standard InChI is InChI=1S/C14H13F2N3O3/c15-8-5-9(16)12(17-7-8)13(21)18-2-1-14-10(18)6-11(20)19(14)3-4-22-14/h5,7,10H,1-4,6H2/t10-,14+/m1/s1. The average molecular weight is 309 g/mol. The first kappa shape index (κ1) is 13.6. The number of hydrogen-bond donors (Lipinski definition) is 0. The summed E-state index contributed by atoms with van der Waals surface area (Å²) in [6.07, 6.45) is 1.47. The van der Waals surface area contributed by atoms with Gasteiger partial charge in [-0.1, -0.05) is 0 Å². The molecule has 0 aliphatic carbocycles. The highest BCUT2D eigenvalue weighted by Gasteiger charge is 2.63. The lowest BCUT2D eigenvalue weighted by Crippen LogP contribution is -2.49. The van der Waals surface area contributed by atoms with Crippen LogP contribution in [0.1, 0.15) is 23.3 Å². The van der Waals surface area contributed by atoms with Crippen LogP contribution in [0.3, 0.4) is 0 Å². The molecule has 0 saturated carbocycles. The van der Waals surface area contributed by atoms with E-state index >= 15 is 0 Å². The number of rotatable bonds is 1. The van der Waals surface area contributed by atoms with Crippen LogP contribution in [0.5, 0.6) is 0 Å². The molecule has 4 heterocycles. The van der Waals surface area contributed by atoms with Gasteiger partial charge in [0.1, 0.15) is 5.82 Å². The summed E-state index contributed by atoms with van der Waals surface area (Å²) < 4.78 is 32.5. The zero-order valence-electron chi connectivity index (χ0n) is 11.6. The first-order chi connectivity index (χ1) is 10.5. The minimum atomic E-state index is -1.00. The molecule has 3 aliphatic heterocycles. The van der Waals surface area contributed by atoms with Crippen LogP contribution in [0.2, 0.25) is 0 Å². The second-order valence-corrected chi connectivity index (χ2v) is 5.69. The van der Waals surface area contributed by atoms with Crippen molar-refractivity contribution in [2.45, 2.75) is 24.6 Å². The van der Waals surface area contributed by atoms with E-state index in [1.807, 2.05) is 0 Å². The summed E-state index contributed by atoms with van der Waals surface area (Å²) >= 11 is 0. The molecule has 4 rings (SSSR count). The van der Waals surface area contributed by atoms with E-state index in [2.05, 4.69) is 4.98 Å². The Kier molecular flexibility index (Phi) is 2.75. The molecule has 0 aromatic carbocycles. The highest BCUT2D eigenvalue weighted by molar-refractivity contribution is 5.94. The fourth-order valence-electron chi connectivity index (χ4n) is 3.74. The summed E-state index contributed by atoms with van der Waals surface area (Å²) in [5, 5.41) is 0. The molecule has 0 radical (unpaired) electrons. The maximum absolute atomic E-state index is 13.8. The molecule has 0 unspecified atom stereocenters. The maximum atomic E-state index is 13.8. The molecule has 3 saturated heterocycles. The molecular weight excluding hydrogens is 296 g/mol. The highest BCUT2D eigenvalue weighted by atomic mass is 19.1. The topological polar surface area (TPSA) is 62.7 Å². The zero-order chi connectivity index (χ0) is 15.5. The summed E-state index contributed by atoms with van der Waals surface area (Å²) in [5.41, 5.74) is -1.20. The first-order valence-electron chi connectivity index (χ1n) is 7.09. The lowest BCUT2D eigenvalue weighted by Gasteiger charge is -2.31.